The number of ether oxygens (including phenoxy) is 2. The highest BCUT2D eigenvalue weighted by Gasteiger charge is 2.12. The van der Waals surface area contributed by atoms with E-state index >= 15 is 0 Å². The molecule has 18 heavy (non-hydrogen) atoms. The van der Waals surface area contributed by atoms with Crippen molar-refractivity contribution in [2.45, 2.75) is 59.3 Å². The second-order valence-corrected chi connectivity index (χ2v) is 4.40. The van der Waals surface area contributed by atoms with Gasteiger partial charge in [-0.1, -0.05) is 33.1 Å². The Kier molecular flexibility index (Phi) is 10.4. The Morgan fingerprint density at radius 3 is 2.11 bits per heavy atom. The van der Waals surface area contributed by atoms with E-state index in [2.05, 4.69) is 13.8 Å². The number of esters is 2. The van der Waals surface area contributed by atoms with Crippen molar-refractivity contribution in [2.75, 3.05) is 13.2 Å². The molecule has 106 valence electrons. The molecule has 0 bridgehead atoms. The topological polar surface area (TPSA) is 52.6 Å². The van der Waals surface area contributed by atoms with Gasteiger partial charge < -0.3 is 9.47 Å². The summed E-state index contributed by atoms with van der Waals surface area (Å²) < 4.78 is 9.92. The van der Waals surface area contributed by atoms with Crippen LogP contribution in [0.2, 0.25) is 0 Å². The zero-order valence-corrected chi connectivity index (χ0v) is 11.9. The molecule has 0 aromatic rings. The van der Waals surface area contributed by atoms with Gasteiger partial charge in [0.15, 0.2) is 0 Å². The van der Waals surface area contributed by atoms with E-state index in [1.165, 1.54) is 6.42 Å². The quantitative estimate of drug-likeness (QED) is 0.565. The monoisotopic (exact) mass is 258 g/mol. The predicted octanol–water partition coefficient (Wildman–Crippen LogP) is 3.09. The summed E-state index contributed by atoms with van der Waals surface area (Å²) in [5.74, 6) is -0.207. The van der Waals surface area contributed by atoms with Gasteiger partial charge in [-0.3, -0.25) is 9.59 Å². The first-order valence-electron chi connectivity index (χ1n) is 6.95. The first kappa shape index (κ1) is 16.9. The molecule has 0 aliphatic rings. The summed E-state index contributed by atoms with van der Waals surface area (Å²) in [7, 11) is 0. The predicted molar refractivity (Wildman–Crippen MR) is 70.1 cm³/mol. The lowest BCUT2D eigenvalue weighted by Crippen LogP contribution is -2.15. The fraction of sp³-hybridized carbons (Fsp3) is 0.857. The number of hydrogen-bond acceptors (Lipinski definition) is 4. The highest BCUT2D eigenvalue weighted by atomic mass is 16.5. The van der Waals surface area contributed by atoms with Crippen LogP contribution >= 0.6 is 0 Å². The van der Waals surface area contributed by atoms with E-state index in [4.69, 9.17) is 9.47 Å². The van der Waals surface area contributed by atoms with Crippen molar-refractivity contribution < 1.29 is 19.1 Å². The lowest BCUT2D eigenvalue weighted by atomic mass is 10.0. The molecule has 0 aliphatic carbocycles. The molecule has 0 aliphatic heterocycles. The Balaban J connectivity index is 3.70. The molecule has 0 rings (SSSR count). The summed E-state index contributed by atoms with van der Waals surface area (Å²) in [6.45, 7) is 6.82. The average Bonchev–Trinajstić information content (AvgIpc) is 2.37. The van der Waals surface area contributed by atoms with Crippen LogP contribution in [0, 0.1) is 5.92 Å². The largest absolute Gasteiger partial charge is 0.466 e. The Labute approximate surface area is 110 Å². The van der Waals surface area contributed by atoms with Gasteiger partial charge in [-0.25, -0.2) is 0 Å². The van der Waals surface area contributed by atoms with E-state index in [0.717, 1.165) is 19.3 Å². The lowest BCUT2D eigenvalue weighted by molar-refractivity contribution is -0.151. The maximum atomic E-state index is 11.4. The highest BCUT2D eigenvalue weighted by Crippen LogP contribution is 2.13. The molecule has 0 aromatic heterocycles. The van der Waals surface area contributed by atoms with Crippen LogP contribution in [0.3, 0.4) is 0 Å². The summed E-state index contributed by atoms with van der Waals surface area (Å²) >= 11 is 0. The smallest absolute Gasteiger partial charge is 0.306 e. The van der Waals surface area contributed by atoms with Crippen LogP contribution in [0.5, 0.6) is 0 Å². The van der Waals surface area contributed by atoms with Gasteiger partial charge in [0.1, 0.15) is 0 Å². The maximum Gasteiger partial charge on any atom is 0.306 e. The molecule has 0 heterocycles. The average molecular weight is 258 g/mol. The Morgan fingerprint density at radius 1 is 1.00 bits per heavy atom. The molecule has 0 spiro atoms. The van der Waals surface area contributed by atoms with Crippen molar-refractivity contribution in [3.05, 3.63) is 0 Å². The Morgan fingerprint density at radius 2 is 1.61 bits per heavy atom. The van der Waals surface area contributed by atoms with Crippen molar-refractivity contribution in [3.63, 3.8) is 0 Å². The van der Waals surface area contributed by atoms with Crippen molar-refractivity contribution in [1.82, 2.24) is 0 Å². The van der Waals surface area contributed by atoms with Gasteiger partial charge in [0.05, 0.1) is 26.1 Å². The molecule has 4 heteroatoms. The highest BCUT2D eigenvalue weighted by molar-refractivity contribution is 5.77. The fourth-order valence-electron chi connectivity index (χ4n) is 1.62. The molecule has 4 nitrogen and oxygen atoms in total. The number of hydrogen-bond donors (Lipinski definition) is 0. The minimum Gasteiger partial charge on any atom is -0.466 e. The van der Waals surface area contributed by atoms with Crippen LogP contribution in [-0.4, -0.2) is 25.2 Å². The van der Waals surface area contributed by atoms with Crippen molar-refractivity contribution >= 4 is 11.9 Å². The van der Waals surface area contributed by atoms with E-state index in [-0.39, 0.29) is 24.8 Å². The molecule has 1 unspecified atom stereocenters. The van der Waals surface area contributed by atoms with Crippen molar-refractivity contribution in [3.8, 4) is 0 Å². The van der Waals surface area contributed by atoms with E-state index in [9.17, 15) is 9.59 Å². The molecule has 0 fully saturated rings. The van der Waals surface area contributed by atoms with Crippen LogP contribution in [0.25, 0.3) is 0 Å². The van der Waals surface area contributed by atoms with Crippen molar-refractivity contribution in [1.29, 1.82) is 0 Å². The zero-order valence-electron chi connectivity index (χ0n) is 11.9. The summed E-state index contributed by atoms with van der Waals surface area (Å²) in [5, 5.41) is 0. The molecule has 0 saturated carbocycles. The molecule has 0 N–H and O–H groups in total. The summed E-state index contributed by atoms with van der Waals surface area (Å²) in [6.07, 6.45) is 4.66. The third-order valence-corrected chi connectivity index (χ3v) is 2.86. The van der Waals surface area contributed by atoms with Crippen LogP contribution in [0.1, 0.15) is 59.3 Å². The lowest BCUT2D eigenvalue weighted by Gasteiger charge is -2.14. The summed E-state index contributed by atoms with van der Waals surface area (Å²) in [5.41, 5.74) is 0. The van der Waals surface area contributed by atoms with Crippen LogP contribution in [0.4, 0.5) is 0 Å². The molecule has 0 aromatic carbocycles. The summed E-state index contributed by atoms with van der Waals surface area (Å²) in [4.78, 5) is 22.5. The van der Waals surface area contributed by atoms with Gasteiger partial charge in [0.2, 0.25) is 0 Å². The second kappa shape index (κ2) is 11.1. The van der Waals surface area contributed by atoms with Gasteiger partial charge in [0, 0.05) is 0 Å². The van der Waals surface area contributed by atoms with Crippen LogP contribution < -0.4 is 0 Å². The van der Waals surface area contributed by atoms with E-state index in [1.54, 1.807) is 6.92 Å². The zero-order chi connectivity index (χ0) is 13.8. The van der Waals surface area contributed by atoms with Gasteiger partial charge in [0.25, 0.3) is 0 Å². The van der Waals surface area contributed by atoms with E-state index in [1.807, 2.05) is 0 Å². The normalized spacial score (nSPS) is 11.9. The van der Waals surface area contributed by atoms with Crippen LogP contribution in [-0.2, 0) is 19.1 Å². The van der Waals surface area contributed by atoms with Gasteiger partial charge in [-0.15, -0.1) is 0 Å². The second-order valence-electron chi connectivity index (χ2n) is 4.40. The van der Waals surface area contributed by atoms with Crippen molar-refractivity contribution in [2.24, 2.45) is 5.92 Å². The number of unbranched alkanes of at least 4 members (excludes halogenated alkanes) is 1. The SMILES string of the molecule is CCCCC(CC)COC(=O)CCC(=O)OCC. The van der Waals surface area contributed by atoms with Gasteiger partial charge in [-0.2, -0.15) is 0 Å². The molecular weight excluding hydrogens is 232 g/mol. The minimum atomic E-state index is -0.340. The molecule has 0 radical (unpaired) electrons. The fourth-order valence-corrected chi connectivity index (χ4v) is 1.62. The third-order valence-electron chi connectivity index (χ3n) is 2.86. The molecule has 0 saturated heterocycles. The minimum absolute atomic E-state index is 0.110. The van der Waals surface area contributed by atoms with Gasteiger partial charge in [-0.05, 0) is 19.3 Å². The molecular formula is C14H26O4. The maximum absolute atomic E-state index is 11.4. The number of carbonyl (C=O) groups is 2. The van der Waals surface area contributed by atoms with E-state index in [0.29, 0.717) is 19.1 Å². The van der Waals surface area contributed by atoms with E-state index < -0.39 is 0 Å². The molecule has 0 amide bonds. The molecule has 1 atom stereocenters. The van der Waals surface area contributed by atoms with Crippen LogP contribution in [0.15, 0.2) is 0 Å². The Hall–Kier alpha value is -1.06. The first-order valence-corrected chi connectivity index (χ1v) is 6.95. The number of rotatable bonds is 10. The standard InChI is InChI=1S/C14H26O4/c1-4-7-8-12(5-2)11-18-14(16)10-9-13(15)17-6-3/h12H,4-11H2,1-3H3. The van der Waals surface area contributed by atoms with Gasteiger partial charge >= 0.3 is 11.9 Å². The first-order chi connectivity index (χ1) is 8.63. The Bertz CT molecular complexity index is 238. The third kappa shape index (κ3) is 9.02. The number of carbonyl (C=O) groups excluding carboxylic acids is 2. The summed E-state index contributed by atoms with van der Waals surface area (Å²) in [6, 6.07) is 0.